The van der Waals surface area contributed by atoms with Crippen LogP contribution in [0.3, 0.4) is 0 Å². The molecular formula is C12H17N3O. The van der Waals surface area contributed by atoms with Crippen LogP contribution in [0.1, 0.15) is 5.56 Å². The van der Waals surface area contributed by atoms with E-state index in [0.717, 1.165) is 13.1 Å². The average Bonchev–Trinajstić information content (AvgIpc) is 2.30. The van der Waals surface area contributed by atoms with Crippen molar-refractivity contribution in [1.82, 2.24) is 5.32 Å². The molecule has 1 aliphatic rings. The Morgan fingerprint density at radius 2 is 2.25 bits per heavy atom. The van der Waals surface area contributed by atoms with E-state index in [9.17, 15) is 4.79 Å². The summed E-state index contributed by atoms with van der Waals surface area (Å²) in [5.41, 5.74) is 7.74. The largest absolute Gasteiger partial charge is 0.368 e. The molecule has 1 aliphatic heterocycles. The van der Waals surface area contributed by atoms with Gasteiger partial charge in [0.25, 0.3) is 0 Å². The Kier molecular flexibility index (Phi) is 3.10. The van der Waals surface area contributed by atoms with Crippen molar-refractivity contribution in [2.75, 3.05) is 24.5 Å². The standard InChI is InChI=1S/C12H17N3O/c1-9-4-2-3-5-11(9)15-7-6-14-10(8-15)12(13)16/h2-5,10,14H,6-8H2,1H3,(H2,13,16). The van der Waals surface area contributed by atoms with Crippen LogP contribution in [0.4, 0.5) is 5.69 Å². The van der Waals surface area contributed by atoms with Crippen molar-refractivity contribution in [2.45, 2.75) is 13.0 Å². The molecule has 1 amide bonds. The molecule has 1 atom stereocenters. The number of nitrogens with zero attached hydrogens (tertiary/aromatic N) is 1. The van der Waals surface area contributed by atoms with Gasteiger partial charge in [0.05, 0.1) is 0 Å². The second-order valence-electron chi connectivity index (χ2n) is 4.14. The van der Waals surface area contributed by atoms with E-state index in [2.05, 4.69) is 29.3 Å². The fourth-order valence-electron chi connectivity index (χ4n) is 2.08. The predicted molar refractivity (Wildman–Crippen MR) is 64.4 cm³/mol. The average molecular weight is 219 g/mol. The summed E-state index contributed by atoms with van der Waals surface area (Å²) in [7, 11) is 0. The van der Waals surface area contributed by atoms with Gasteiger partial charge >= 0.3 is 0 Å². The lowest BCUT2D eigenvalue weighted by molar-refractivity contribution is -0.120. The molecule has 4 nitrogen and oxygen atoms in total. The van der Waals surface area contributed by atoms with Crippen molar-refractivity contribution in [3.8, 4) is 0 Å². The van der Waals surface area contributed by atoms with Crippen molar-refractivity contribution in [3.63, 3.8) is 0 Å². The van der Waals surface area contributed by atoms with E-state index in [1.165, 1.54) is 11.3 Å². The van der Waals surface area contributed by atoms with Gasteiger partial charge in [-0.05, 0) is 18.6 Å². The number of piperazine rings is 1. The number of amides is 1. The number of benzene rings is 1. The SMILES string of the molecule is Cc1ccccc1N1CCNC(C(N)=O)C1. The topological polar surface area (TPSA) is 58.4 Å². The Morgan fingerprint density at radius 1 is 1.50 bits per heavy atom. The van der Waals surface area contributed by atoms with Crippen LogP contribution in [0.25, 0.3) is 0 Å². The summed E-state index contributed by atoms with van der Waals surface area (Å²) < 4.78 is 0. The van der Waals surface area contributed by atoms with Crippen molar-refractivity contribution in [3.05, 3.63) is 29.8 Å². The first-order valence-electron chi connectivity index (χ1n) is 5.52. The lowest BCUT2D eigenvalue weighted by Crippen LogP contribution is -2.56. The number of hydrogen-bond donors (Lipinski definition) is 2. The summed E-state index contributed by atoms with van der Waals surface area (Å²) in [4.78, 5) is 13.4. The number of primary amides is 1. The summed E-state index contributed by atoms with van der Waals surface area (Å²) >= 11 is 0. The summed E-state index contributed by atoms with van der Waals surface area (Å²) in [6.45, 7) is 4.44. The van der Waals surface area contributed by atoms with Crippen LogP contribution in [0.5, 0.6) is 0 Å². The molecule has 0 spiro atoms. The summed E-state index contributed by atoms with van der Waals surface area (Å²) in [5, 5.41) is 3.12. The molecule has 1 fully saturated rings. The Balaban J connectivity index is 2.16. The van der Waals surface area contributed by atoms with Crippen LogP contribution in [0, 0.1) is 6.92 Å². The van der Waals surface area contributed by atoms with Crippen LogP contribution in [-0.2, 0) is 4.79 Å². The highest BCUT2D eigenvalue weighted by atomic mass is 16.1. The molecule has 16 heavy (non-hydrogen) atoms. The van der Waals surface area contributed by atoms with Crippen LogP contribution in [-0.4, -0.2) is 31.6 Å². The van der Waals surface area contributed by atoms with Gasteiger partial charge < -0.3 is 16.0 Å². The van der Waals surface area contributed by atoms with Crippen molar-refractivity contribution in [1.29, 1.82) is 0 Å². The number of rotatable bonds is 2. The first-order chi connectivity index (χ1) is 7.68. The molecule has 0 radical (unpaired) electrons. The monoisotopic (exact) mass is 219 g/mol. The normalized spacial score (nSPS) is 20.8. The minimum Gasteiger partial charge on any atom is -0.368 e. The zero-order valence-corrected chi connectivity index (χ0v) is 9.44. The third kappa shape index (κ3) is 2.17. The Morgan fingerprint density at radius 3 is 2.94 bits per heavy atom. The first-order valence-corrected chi connectivity index (χ1v) is 5.52. The maximum atomic E-state index is 11.1. The number of para-hydroxylation sites is 1. The molecule has 0 saturated carbocycles. The van der Waals surface area contributed by atoms with Gasteiger partial charge in [-0.1, -0.05) is 18.2 Å². The fraction of sp³-hybridized carbons (Fsp3) is 0.417. The van der Waals surface area contributed by atoms with Crippen molar-refractivity contribution < 1.29 is 4.79 Å². The number of anilines is 1. The molecule has 0 aromatic heterocycles. The Labute approximate surface area is 95.4 Å². The van der Waals surface area contributed by atoms with E-state index >= 15 is 0 Å². The highest BCUT2D eigenvalue weighted by molar-refractivity contribution is 5.81. The van der Waals surface area contributed by atoms with Gasteiger partial charge in [-0.15, -0.1) is 0 Å². The van der Waals surface area contributed by atoms with Gasteiger partial charge in [-0.3, -0.25) is 4.79 Å². The van der Waals surface area contributed by atoms with Crippen LogP contribution in [0.15, 0.2) is 24.3 Å². The predicted octanol–water partition coefficient (Wildman–Crippen LogP) is 0.259. The van der Waals surface area contributed by atoms with Crippen molar-refractivity contribution in [2.24, 2.45) is 5.73 Å². The smallest absolute Gasteiger partial charge is 0.236 e. The number of nitrogens with two attached hydrogens (primary N) is 1. The zero-order valence-electron chi connectivity index (χ0n) is 9.44. The second kappa shape index (κ2) is 4.53. The van der Waals surface area contributed by atoms with E-state index < -0.39 is 0 Å². The van der Waals surface area contributed by atoms with Crippen molar-refractivity contribution >= 4 is 11.6 Å². The highest BCUT2D eigenvalue weighted by Gasteiger charge is 2.23. The molecule has 1 aromatic rings. The molecular weight excluding hydrogens is 202 g/mol. The molecule has 1 aromatic carbocycles. The fourth-order valence-corrected chi connectivity index (χ4v) is 2.08. The third-order valence-corrected chi connectivity index (χ3v) is 2.98. The molecule has 3 N–H and O–H groups in total. The van der Waals surface area contributed by atoms with E-state index in [0.29, 0.717) is 6.54 Å². The highest BCUT2D eigenvalue weighted by Crippen LogP contribution is 2.20. The van der Waals surface area contributed by atoms with E-state index in [4.69, 9.17) is 5.73 Å². The molecule has 0 bridgehead atoms. The summed E-state index contributed by atoms with van der Waals surface area (Å²) in [5.74, 6) is -0.279. The molecule has 86 valence electrons. The Bertz CT molecular complexity index is 392. The van der Waals surface area contributed by atoms with Gasteiger partial charge in [0.1, 0.15) is 6.04 Å². The van der Waals surface area contributed by atoms with Gasteiger partial charge in [-0.25, -0.2) is 0 Å². The lowest BCUT2D eigenvalue weighted by Gasteiger charge is -2.34. The summed E-state index contributed by atoms with van der Waals surface area (Å²) in [6.07, 6.45) is 0. The first kappa shape index (κ1) is 11.0. The molecule has 1 unspecified atom stereocenters. The number of hydrogen-bond acceptors (Lipinski definition) is 3. The molecule has 0 aliphatic carbocycles. The zero-order chi connectivity index (χ0) is 11.5. The molecule has 4 heteroatoms. The van der Waals surface area contributed by atoms with Gasteiger partial charge in [0.2, 0.25) is 5.91 Å². The molecule has 1 saturated heterocycles. The maximum absolute atomic E-state index is 11.1. The number of carbonyl (C=O) groups excluding carboxylic acids is 1. The minimum atomic E-state index is -0.279. The van der Waals surface area contributed by atoms with Gasteiger partial charge in [0.15, 0.2) is 0 Å². The van der Waals surface area contributed by atoms with Crippen LogP contribution < -0.4 is 16.0 Å². The van der Waals surface area contributed by atoms with Crippen LogP contribution >= 0.6 is 0 Å². The quantitative estimate of drug-likeness (QED) is 0.750. The second-order valence-corrected chi connectivity index (χ2v) is 4.14. The molecule has 2 rings (SSSR count). The van der Waals surface area contributed by atoms with Gasteiger partial charge in [0, 0.05) is 25.3 Å². The molecule has 1 heterocycles. The van der Waals surface area contributed by atoms with E-state index in [1.54, 1.807) is 0 Å². The lowest BCUT2D eigenvalue weighted by atomic mass is 10.1. The minimum absolute atomic E-state index is 0.242. The number of nitrogens with one attached hydrogen (secondary N) is 1. The van der Waals surface area contributed by atoms with Gasteiger partial charge in [-0.2, -0.15) is 0 Å². The number of carbonyl (C=O) groups is 1. The number of aryl methyl sites for hydroxylation is 1. The third-order valence-electron chi connectivity index (χ3n) is 2.98. The van der Waals surface area contributed by atoms with Crippen LogP contribution in [0.2, 0.25) is 0 Å². The Hall–Kier alpha value is -1.55. The van der Waals surface area contributed by atoms with E-state index in [1.807, 2.05) is 12.1 Å². The maximum Gasteiger partial charge on any atom is 0.236 e. The summed E-state index contributed by atoms with van der Waals surface area (Å²) in [6, 6.07) is 7.96. The van der Waals surface area contributed by atoms with E-state index in [-0.39, 0.29) is 11.9 Å².